The lowest BCUT2D eigenvalue weighted by Gasteiger charge is -2.08. The number of nitrogens with zero attached hydrogens (tertiary/aromatic N) is 1. The van der Waals surface area contributed by atoms with E-state index in [9.17, 15) is 8.78 Å². The van der Waals surface area contributed by atoms with E-state index in [1.54, 1.807) is 19.1 Å². The summed E-state index contributed by atoms with van der Waals surface area (Å²) in [5, 5.41) is 0. The number of rotatable bonds is 4. The fourth-order valence-corrected chi connectivity index (χ4v) is 0.935. The standard InChI is InChI=1S/C9H12F2N2O/c1-6(12)7-2-3-13-9(4-7)14-5-8(10)11/h2-4,6,8H,5,12H2,1H3/t6-/m1/s1. The quantitative estimate of drug-likeness (QED) is 0.809. The van der Waals surface area contributed by atoms with Crippen molar-refractivity contribution in [2.75, 3.05) is 6.61 Å². The monoisotopic (exact) mass is 202 g/mol. The molecule has 0 unspecified atom stereocenters. The maximum absolute atomic E-state index is 11.8. The number of halogens is 2. The van der Waals surface area contributed by atoms with Crippen LogP contribution in [0.5, 0.6) is 5.88 Å². The van der Waals surface area contributed by atoms with Crippen LogP contribution < -0.4 is 10.5 Å². The maximum Gasteiger partial charge on any atom is 0.272 e. The van der Waals surface area contributed by atoms with Gasteiger partial charge in [-0.3, -0.25) is 0 Å². The highest BCUT2D eigenvalue weighted by atomic mass is 19.3. The second kappa shape index (κ2) is 4.85. The van der Waals surface area contributed by atoms with Gasteiger partial charge in [0.05, 0.1) is 0 Å². The molecule has 0 aliphatic rings. The molecule has 0 aliphatic carbocycles. The largest absolute Gasteiger partial charge is 0.472 e. The molecule has 0 bridgehead atoms. The van der Waals surface area contributed by atoms with Crippen LogP contribution in [0.4, 0.5) is 8.78 Å². The van der Waals surface area contributed by atoms with E-state index in [0.29, 0.717) is 0 Å². The molecule has 0 aliphatic heterocycles. The van der Waals surface area contributed by atoms with E-state index in [2.05, 4.69) is 4.98 Å². The molecule has 1 atom stereocenters. The topological polar surface area (TPSA) is 48.1 Å². The Morgan fingerprint density at radius 1 is 1.57 bits per heavy atom. The molecule has 1 aromatic rings. The summed E-state index contributed by atoms with van der Waals surface area (Å²) in [5.74, 6) is 0.181. The molecule has 0 fully saturated rings. The van der Waals surface area contributed by atoms with Gasteiger partial charge in [-0.25, -0.2) is 13.8 Å². The van der Waals surface area contributed by atoms with Gasteiger partial charge < -0.3 is 10.5 Å². The lowest BCUT2D eigenvalue weighted by atomic mass is 10.1. The minimum atomic E-state index is -2.49. The Kier molecular flexibility index (Phi) is 3.76. The number of hydrogen-bond donors (Lipinski definition) is 1. The van der Waals surface area contributed by atoms with Gasteiger partial charge in [-0.15, -0.1) is 0 Å². The molecule has 0 spiro atoms. The molecular formula is C9H12F2N2O. The first-order valence-electron chi connectivity index (χ1n) is 4.22. The van der Waals surface area contributed by atoms with Crippen LogP contribution >= 0.6 is 0 Å². The Morgan fingerprint density at radius 3 is 2.86 bits per heavy atom. The zero-order valence-corrected chi connectivity index (χ0v) is 7.78. The Labute approximate surface area is 80.9 Å². The second-order valence-electron chi connectivity index (χ2n) is 2.92. The highest BCUT2D eigenvalue weighted by molar-refractivity contribution is 5.22. The Bertz CT molecular complexity index is 292. The van der Waals surface area contributed by atoms with E-state index in [4.69, 9.17) is 10.5 Å². The maximum atomic E-state index is 11.8. The Balaban J connectivity index is 2.64. The molecule has 3 nitrogen and oxygen atoms in total. The minimum Gasteiger partial charge on any atom is -0.472 e. The van der Waals surface area contributed by atoms with Crippen LogP contribution in [0.1, 0.15) is 18.5 Å². The first kappa shape index (κ1) is 10.8. The van der Waals surface area contributed by atoms with Crippen LogP contribution in [0, 0.1) is 0 Å². The number of hydrogen-bond acceptors (Lipinski definition) is 3. The molecule has 2 N–H and O–H groups in total. The van der Waals surface area contributed by atoms with Gasteiger partial charge in [-0.2, -0.15) is 0 Å². The van der Waals surface area contributed by atoms with Crippen LogP contribution in [0.25, 0.3) is 0 Å². The molecule has 1 heterocycles. The molecule has 5 heteroatoms. The van der Waals surface area contributed by atoms with E-state index < -0.39 is 13.0 Å². The zero-order chi connectivity index (χ0) is 10.6. The van der Waals surface area contributed by atoms with Crippen LogP contribution in [-0.4, -0.2) is 18.0 Å². The van der Waals surface area contributed by atoms with Gasteiger partial charge in [-0.1, -0.05) is 0 Å². The number of pyridine rings is 1. The normalized spacial score (nSPS) is 12.9. The van der Waals surface area contributed by atoms with Gasteiger partial charge in [-0.05, 0) is 18.6 Å². The predicted molar refractivity (Wildman–Crippen MR) is 48.3 cm³/mol. The molecule has 0 amide bonds. The van der Waals surface area contributed by atoms with Crippen molar-refractivity contribution in [2.45, 2.75) is 19.4 Å². The van der Waals surface area contributed by atoms with Crippen molar-refractivity contribution in [3.8, 4) is 5.88 Å². The number of alkyl halides is 2. The minimum absolute atomic E-state index is 0.160. The molecule has 78 valence electrons. The number of ether oxygens (including phenoxy) is 1. The van der Waals surface area contributed by atoms with Crippen LogP contribution in [0.3, 0.4) is 0 Å². The summed E-state index contributed by atoms with van der Waals surface area (Å²) in [6.45, 7) is 1.15. The summed E-state index contributed by atoms with van der Waals surface area (Å²) in [4.78, 5) is 3.78. The molecular weight excluding hydrogens is 190 g/mol. The highest BCUT2D eigenvalue weighted by Crippen LogP contribution is 2.14. The van der Waals surface area contributed by atoms with Gasteiger partial charge in [0.25, 0.3) is 6.43 Å². The summed E-state index contributed by atoms with van der Waals surface area (Å²) in [6, 6.07) is 3.12. The Morgan fingerprint density at radius 2 is 2.29 bits per heavy atom. The van der Waals surface area contributed by atoms with Gasteiger partial charge in [0.1, 0.15) is 0 Å². The van der Waals surface area contributed by atoms with Gasteiger partial charge in [0.2, 0.25) is 5.88 Å². The second-order valence-corrected chi connectivity index (χ2v) is 2.92. The van der Waals surface area contributed by atoms with Crippen molar-refractivity contribution in [1.29, 1.82) is 0 Å². The van der Waals surface area contributed by atoms with Crippen LogP contribution in [0.2, 0.25) is 0 Å². The van der Waals surface area contributed by atoms with Crippen molar-refractivity contribution in [3.63, 3.8) is 0 Å². The van der Waals surface area contributed by atoms with E-state index in [1.165, 1.54) is 6.20 Å². The van der Waals surface area contributed by atoms with E-state index in [0.717, 1.165) is 5.56 Å². The third kappa shape index (κ3) is 3.26. The average molecular weight is 202 g/mol. The molecule has 1 aromatic heterocycles. The van der Waals surface area contributed by atoms with Gasteiger partial charge >= 0.3 is 0 Å². The predicted octanol–water partition coefficient (Wildman–Crippen LogP) is 1.75. The lowest BCUT2D eigenvalue weighted by molar-refractivity contribution is 0.0795. The smallest absolute Gasteiger partial charge is 0.272 e. The van der Waals surface area contributed by atoms with Crippen LogP contribution in [-0.2, 0) is 0 Å². The fourth-order valence-electron chi connectivity index (χ4n) is 0.935. The summed E-state index contributed by atoms with van der Waals surface area (Å²) in [6.07, 6.45) is -1.00. The summed E-state index contributed by atoms with van der Waals surface area (Å²) < 4.78 is 28.3. The molecule has 0 aromatic carbocycles. The van der Waals surface area contributed by atoms with E-state index >= 15 is 0 Å². The molecule has 0 saturated heterocycles. The lowest BCUT2D eigenvalue weighted by Crippen LogP contribution is -2.09. The van der Waals surface area contributed by atoms with E-state index in [-0.39, 0.29) is 11.9 Å². The van der Waals surface area contributed by atoms with Crippen molar-refractivity contribution in [2.24, 2.45) is 5.73 Å². The first-order valence-corrected chi connectivity index (χ1v) is 4.22. The summed E-state index contributed by atoms with van der Waals surface area (Å²) in [5.41, 5.74) is 6.42. The SMILES string of the molecule is C[C@@H](N)c1ccnc(OCC(F)F)c1. The average Bonchev–Trinajstić information content (AvgIpc) is 2.15. The van der Waals surface area contributed by atoms with Crippen molar-refractivity contribution >= 4 is 0 Å². The molecule has 0 saturated carbocycles. The number of nitrogens with two attached hydrogens (primary N) is 1. The summed E-state index contributed by atoms with van der Waals surface area (Å²) >= 11 is 0. The van der Waals surface area contributed by atoms with E-state index in [1.807, 2.05) is 0 Å². The zero-order valence-electron chi connectivity index (χ0n) is 7.78. The van der Waals surface area contributed by atoms with Crippen molar-refractivity contribution in [1.82, 2.24) is 4.98 Å². The molecule has 14 heavy (non-hydrogen) atoms. The van der Waals surface area contributed by atoms with Gasteiger partial charge in [0.15, 0.2) is 6.61 Å². The van der Waals surface area contributed by atoms with Gasteiger partial charge in [0, 0.05) is 18.3 Å². The highest BCUT2D eigenvalue weighted by Gasteiger charge is 2.06. The third-order valence-electron chi connectivity index (χ3n) is 1.64. The fraction of sp³-hybridized carbons (Fsp3) is 0.444. The van der Waals surface area contributed by atoms with Crippen molar-refractivity contribution < 1.29 is 13.5 Å². The Hall–Kier alpha value is -1.23. The summed E-state index contributed by atoms with van der Waals surface area (Å²) in [7, 11) is 0. The molecule has 0 radical (unpaired) electrons. The van der Waals surface area contributed by atoms with Crippen LogP contribution in [0.15, 0.2) is 18.3 Å². The number of aromatic nitrogens is 1. The molecule has 1 rings (SSSR count). The van der Waals surface area contributed by atoms with Crippen molar-refractivity contribution in [3.05, 3.63) is 23.9 Å². The third-order valence-corrected chi connectivity index (χ3v) is 1.64. The first-order chi connectivity index (χ1) is 6.59.